The van der Waals surface area contributed by atoms with E-state index in [9.17, 15) is 13.2 Å². The molecule has 0 spiro atoms. The molecule has 0 aliphatic rings. The SMILES string of the molecule is COc1ccc(S(=O)(=O)NCC(=O)NCc2ccc(OC)c(OC)c2)cc1. The molecule has 0 unspecified atom stereocenters. The van der Waals surface area contributed by atoms with Crippen molar-refractivity contribution >= 4 is 15.9 Å². The lowest BCUT2D eigenvalue weighted by molar-refractivity contribution is -0.120. The Kier molecular flexibility index (Phi) is 7.03. The molecule has 0 radical (unpaired) electrons. The zero-order valence-electron chi connectivity index (χ0n) is 15.3. The lowest BCUT2D eigenvalue weighted by atomic mass is 10.2. The molecular formula is C18H22N2O6S. The van der Waals surface area contributed by atoms with Gasteiger partial charge >= 0.3 is 0 Å². The molecule has 0 heterocycles. The summed E-state index contributed by atoms with van der Waals surface area (Å²) in [7, 11) is 0.763. The van der Waals surface area contributed by atoms with Crippen LogP contribution in [0.3, 0.4) is 0 Å². The molecule has 0 aromatic heterocycles. The quantitative estimate of drug-likeness (QED) is 0.665. The molecule has 2 rings (SSSR count). The summed E-state index contributed by atoms with van der Waals surface area (Å²) < 4.78 is 42.0. The minimum atomic E-state index is -3.79. The lowest BCUT2D eigenvalue weighted by Crippen LogP contribution is -2.36. The number of rotatable bonds is 9. The van der Waals surface area contributed by atoms with E-state index < -0.39 is 15.9 Å². The first-order valence-electron chi connectivity index (χ1n) is 8.01. The van der Waals surface area contributed by atoms with Gasteiger partial charge in [0.2, 0.25) is 15.9 Å². The van der Waals surface area contributed by atoms with Crippen molar-refractivity contribution in [3.63, 3.8) is 0 Å². The van der Waals surface area contributed by atoms with Crippen LogP contribution in [0.2, 0.25) is 0 Å². The van der Waals surface area contributed by atoms with Gasteiger partial charge in [-0.1, -0.05) is 6.07 Å². The highest BCUT2D eigenvalue weighted by Gasteiger charge is 2.15. The largest absolute Gasteiger partial charge is 0.497 e. The third-order valence-corrected chi connectivity index (χ3v) is 5.15. The van der Waals surface area contributed by atoms with Crippen molar-refractivity contribution in [2.45, 2.75) is 11.4 Å². The van der Waals surface area contributed by atoms with Crippen molar-refractivity contribution in [3.8, 4) is 17.2 Å². The van der Waals surface area contributed by atoms with Crippen molar-refractivity contribution in [3.05, 3.63) is 48.0 Å². The maximum absolute atomic E-state index is 12.2. The Labute approximate surface area is 158 Å². The lowest BCUT2D eigenvalue weighted by Gasteiger charge is -2.11. The van der Waals surface area contributed by atoms with Crippen LogP contribution in [0.4, 0.5) is 0 Å². The van der Waals surface area contributed by atoms with Gasteiger partial charge in [0.25, 0.3) is 0 Å². The monoisotopic (exact) mass is 394 g/mol. The zero-order chi connectivity index (χ0) is 19.9. The molecule has 2 N–H and O–H groups in total. The molecule has 0 aliphatic heterocycles. The fourth-order valence-electron chi connectivity index (χ4n) is 2.25. The Balaban J connectivity index is 1.90. The van der Waals surface area contributed by atoms with E-state index in [0.29, 0.717) is 17.2 Å². The number of methoxy groups -OCH3 is 3. The summed E-state index contributed by atoms with van der Waals surface area (Å²) in [4.78, 5) is 12.0. The number of benzene rings is 2. The van der Waals surface area contributed by atoms with Crippen molar-refractivity contribution < 1.29 is 27.4 Å². The van der Waals surface area contributed by atoms with E-state index in [0.717, 1.165) is 5.56 Å². The fourth-order valence-corrected chi connectivity index (χ4v) is 3.23. The van der Waals surface area contributed by atoms with Gasteiger partial charge in [0.05, 0.1) is 32.8 Å². The maximum atomic E-state index is 12.2. The van der Waals surface area contributed by atoms with Gasteiger partial charge in [-0.15, -0.1) is 0 Å². The second-order valence-corrected chi connectivity index (χ2v) is 7.23. The third kappa shape index (κ3) is 5.60. The van der Waals surface area contributed by atoms with Gasteiger partial charge in [-0.05, 0) is 42.0 Å². The molecule has 8 nitrogen and oxygen atoms in total. The molecule has 9 heteroatoms. The minimum Gasteiger partial charge on any atom is -0.497 e. The van der Waals surface area contributed by atoms with Gasteiger partial charge in [0.15, 0.2) is 11.5 Å². The smallest absolute Gasteiger partial charge is 0.241 e. The first-order chi connectivity index (χ1) is 12.9. The van der Waals surface area contributed by atoms with Crippen molar-refractivity contribution in [1.29, 1.82) is 0 Å². The van der Waals surface area contributed by atoms with Crippen molar-refractivity contribution in [1.82, 2.24) is 10.0 Å². The van der Waals surface area contributed by atoms with E-state index >= 15 is 0 Å². The Bertz CT molecular complexity index is 881. The van der Waals surface area contributed by atoms with Gasteiger partial charge in [-0.3, -0.25) is 4.79 Å². The maximum Gasteiger partial charge on any atom is 0.241 e. The van der Waals surface area contributed by atoms with Crippen molar-refractivity contribution in [2.75, 3.05) is 27.9 Å². The number of carbonyl (C=O) groups excluding carboxylic acids is 1. The Hall–Kier alpha value is -2.78. The number of hydrogen-bond donors (Lipinski definition) is 2. The Morgan fingerprint density at radius 1 is 0.926 bits per heavy atom. The van der Waals surface area contributed by atoms with Gasteiger partial charge in [0.1, 0.15) is 5.75 Å². The van der Waals surface area contributed by atoms with Crippen LogP contribution in [-0.4, -0.2) is 42.2 Å². The number of ether oxygens (including phenoxy) is 3. The highest BCUT2D eigenvalue weighted by atomic mass is 32.2. The van der Waals surface area contributed by atoms with E-state index in [1.165, 1.54) is 45.6 Å². The molecule has 27 heavy (non-hydrogen) atoms. The summed E-state index contributed by atoms with van der Waals surface area (Å²) in [5, 5.41) is 2.65. The minimum absolute atomic E-state index is 0.0518. The summed E-state index contributed by atoms with van der Waals surface area (Å²) >= 11 is 0. The number of hydrogen-bond acceptors (Lipinski definition) is 6. The van der Waals surface area contributed by atoms with Crippen LogP contribution < -0.4 is 24.2 Å². The van der Waals surface area contributed by atoms with Gasteiger partial charge in [-0.25, -0.2) is 13.1 Å². The molecular weight excluding hydrogens is 372 g/mol. The van der Waals surface area contributed by atoms with E-state index in [1.54, 1.807) is 18.2 Å². The zero-order valence-corrected chi connectivity index (χ0v) is 16.1. The summed E-state index contributed by atoms with van der Waals surface area (Å²) in [5.41, 5.74) is 0.791. The first-order valence-corrected chi connectivity index (χ1v) is 9.49. The average molecular weight is 394 g/mol. The average Bonchev–Trinajstić information content (AvgIpc) is 2.70. The second kappa shape index (κ2) is 9.24. The van der Waals surface area contributed by atoms with Crippen LogP contribution in [0.1, 0.15) is 5.56 Å². The second-order valence-electron chi connectivity index (χ2n) is 5.47. The van der Waals surface area contributed by atoms with Crippen LogP contribution >= 0.6 is 0 Å². The predicted octanol–water partition coefficient (Wildman–Crippen LogP) is 1.31. The molecule has 146 valence electrons. The summed E-state index contributed by atoms with van der Waals surface area (Å²) in [5.74, 6) is 1.22. The normalized spacial score (nSPS) is 10.9. The van der Waals surface area contributed by atoms with E-state index in [4.69, 9.17) is 14.2 Å². The Morgan fingerprint density at radius 3 is 2.19 bits per heavy atom. The van der Waals surface area contributed by atoms with Gasteiger partial charge in [-0.2, -0.15) is 0 Å². The summed E-state index contributed by atoms with van der Waals surface area (Å²) in [6, 6.07) is 11.1. The molecule has 2 aromatic rings. The predicted molar refractivity (Wildman–Crippen MR) is 99.6 cm³/mol. The molecule has 0 fully saturated rings. The standard InChI is InChI=1S/C18H22N2O6S/c1-24-14-5-7-15(8-6-14)27(22,23)20-12-18(21)19-11-13-4-9-16(25-2)17(10-13)26-3/h4-10,20H,11-12H2,1-3H3,(H,19,21). The highest BCUT2D eigenvalue weighted by molar-refractivity contribution is 7.89. The first kappa shape index (κ1) is 20.5. The molecule has 2 aromatic carbocycles. The van der Waals surface area contributed by atoms with E-state index in [2.05, 4.69) is 10.0 Å². The number of nitrogens with one attached hydrogen (secondary N) is 2. The van der Waals surface area contributed by atoms with Crippen LogP contribution in [-0.2, 0) is 21.4 Å². The summed E-state index contributed by atoms with van der Waals surface area (Å²) in [6.45, 7) is -0.148. The number of carbonyl (C=O) groups is 1. The molecule has 0 bridgehead atoms. The third-order valence-electron chi connectivity index (χ3n) is 3.73. The molecule has 1 amide bonds. The van der Waals surface area contributed by atoms with Crippen molar-refractivity contribution in [2.24, 2.45) is 0 Å². The Morgan fingerprint density at radius 2 is 1.59 bits per heavy atom. The van der Waals surface area contributed by atoms with Crippen LogP contribution in [0.15, 0.2) is 47.4 Å². The van der Waals surface area contributed by atoms with Crippen LogP contribution in [0.5, 0.6) is 17.2 Å². The molecule has 0 aliphatic carbocycles. The van der Waals surface area contributed by atoms with Crippen LogP contribution in [0.25, 0.3) is 0 Å². The molecule has 0 saturated heterocycles. The van der Waals surface area contributed by atoms with E-state index in [-0.39, 0.29) is 18.0 Å². The number of amides is 1. The molecule has 0 atom stereocenters. The van der Waals surface area contributed by atoms with Gasteiger partial charge in [0, 0.05) is 6.54 Å². The molecule has 0 saturated carbocycles. The van der Waals surface area contributed by atoms with Gasteiger partial charge < -0.3 is 19.5 Å². The number of sulfonamides is 1. The van der Waals surface area contributed by atoms with E-state index in [1.807, 2.05) is 0 Å². The summed E-state index contributed by atoms with van der Waals surface area (Å²) in [6.07, 6.45) is 0. The van der Waals surface area contributed by atoms with Crippen LogP contribution in [0, 0.1) is 0 Å². The topological polar surface area (TPSA) is 103 Å². The fraction of sp³-hybridized carbons (Fsp3) is 0.278. The highest BCUT2D eigenvalue weighted by Crippen LogP contribution is 2.27.